The van der Waals surface area contributed by atoms with Gasteiger partial charge in [0, 0.05) is 36.9 Å². The highest BCUT2D eigenvalue weighted by atomic mass is 35.5. The molecule has 2 amide bonds. The molecule has 0 bridgehead atoms. The van der Waals surface area contributed by atoms with Gasteiger partial charge >= 0.3 is 6.09 Å². The summed E-state index contributed by atoms with van der Waals surface area (Å²) in [6.07, 6.45) is 6.82. The Labute approximate surface area is 218 Å². The third kappa shape index (κ3) is 6.84. The van der Waals surface area contributed by atoms with Gasteiger partial charge in [0.1, 0.15) is 0 Å². The molecule has 10 heteroatoms. The van der Waals surface area contributed by atoms with Crippen molar-refractivity contribution in [3.05, 3.63) is 52.5 Å². The fraction of sp³-hybridized carbons (Fsp3) is 0.542. The second-order valence-electron chi connectivity index (χ2n) is 8.68. The Balaban J connectivity index is 0.00000204. The maximum Gasteiger partial charge on any atom is 0.407 e. The number of hydrogen-bond acceptors (Lipinski definition) is 6. The summed E-state index contributed by atoms with van der Waals surface area (Å²) < 4.78 is 5.08. The summed E-state index contributed by atoms with van der Waals surface area (Å²) in [5.41, 5.74) is 0.888. The van der Waals surface area contributed by atoms with Gasteiger partial charge in [0.15, 0.2) is 0 Å². The maximum absolute atomic E-state index is 13.2. The van der Waals surface area contributed by atoms with Gasteiger partial charge in [0.05, 0.1) is 18.1 Å². The Hall–Kier alpha value is -1.87. The van der Waals surface area contributed by atoms with E-state index in [2.05, 4.69) is 21.3 Å². The number of carbonyl (C=O) groups excluding carboxylic acids is 2. The number of aromatic nitrogens is 1. The highest BCUT2D eigenvalue weighted by Gasteiger charge is 2.47. The number of alkyl carbamates (subject to hydrolysis) is 1. The average molecular weight is 530 g/mol. The lowest BCUT2D eigenvalue weighted by molar-refractivity contribution is -0.138. The second kappa shape index (κ2) is 13.3. The smallest absolute Gasteiger partial charge is 0.407 e. The molecule has 4 heterocycles. The SMILES string of the molecule is CCOC(=O)NC(CCN1CCC2(CC1)CCN(Cc1cccnc1)C2=O)c1cccs1.Cl.Cl. The molecule has 2 aromatic rings. The molecule has 2 aliphatic heterocycles. The summed E-state index contributed by atoms with van der Waals surface area (Å²) in [5, 5.41) is 5.03. The molecule has 1 unspecified atom stereocenters. The molecular weight excluding hydrogens is 495 g/mol. The van der Waals surface area contributed by atoms with E-state index in [1.165, 1.54) is 0 Å². The van der Waals surface area contributed by atoms with Crippen LogP contribution in [0.3, 0.4) is 0 Å². The third-order valence-electron chi connectivity index (χ3n) is 6.70. The maximum atomic E-state index is 13.2. The average Bonchev–Trinajstić information content (AvgIpc) is 3.44. The molecule has 2 aromatic heterocycles. The number of halogens is 2. The minimum atomic E-state index is -0.367. The first-order valence-electron chi connectivity index (χ1n) is 11.5. The number of likely N-dealkylation sites (tertiary alicyclic amines) is 2. The lowest BCUT2D eigenvalue weighted by Gasteiger charge is -2.38. The van der Waals surface area contributed by atoms with Gasteiger partial charge in [0.2, 0.25) is 5.91 Å². The van der Waals surface area contributed by atoms with Gasteiger partial charge in [-0.3, -0.25) is 9.78 Å². The summed E-state index contributed by atoms with van der Waals surface area (Å²) in [6, 6.07) is 7.97. The molecule has 1 N–H and O–H groups in total. The second-order valence-corrected chi connectivity index (χ2v) is 9.66. The van der Waals surface area contributed by atoms with Crippen molar-refractivity contribution in [2.45, 2.75) is 45.2 Å². The lowest BCUT2D eigenvalue weighted by Crippen LogP contribution is -2.45. The van der Waals surface area contributed by atoms with Crippen LogP contribution in [0.15, 0.2) is 42.0 Å². The van der Waals surface area contributed by atoms with Crippen LogP contribution in [0, 0.1) is 5.41 Å². The number of rotatable bonds is 8. The fourth-order valence-corrected chi connectivity index (χ4v) is 5.64. The van der Waals surface area contributed by atoms with Crippen molar-refractivity contribution in [1.29, 1.82) is 0 Å². The quantitative estimate of drug-likeness (QED) is 0.538. The van der Waals surface area contributed by atoms with Crippen molar-refractivity contribution in [3.63, 3.8) is 0 Å². The van der Waals surface area contributed by atoms with Crippen molar-refractivity contribution in [1.82, 2.24) is 20.1 Å². The summed E-state index contributed by atoms with van der Waals surface area (Å²) >= 11 is 1.65. The number of hydrogen-bond donors (Lipinski definition) is 1. The number of ether oxygens (including phenoxy) is 1. The molecular formula is C24H34Cl2N4O3S. The van der Waals surface area contributed by atoms with E-state index in [1.54, 1.807) is 17.5 Å². The number of amides is 2. The van der Waals surface area contributed by atoms with Gasteiger partial charge in [-0.25, -0.2) is 4.79 Å². The van der Waals surface area contributed by atoms with E-state index in [0.29, 0.717) is 19.1 Å². The standard InChI is InChI=1S/C24H32N4O3S.2ClH/c1-2-31-23(30)26-20(21-6-4-16-32-21)7-12-27-13-8-24(9-14-27)10-15-28(22(24)29)18-19-5-3-11-25-17-19;;/h3-6,11,16-17,20H,2,7-10,12-15,18H2,1H3,(H,26,30);2*1H. The van der Waals surface area contributed by atoms with Crippen LogP contribution in [0.2, 0.25) is 0 Å². The Morgan fingerprint density at radius 3 is 2.62 bits per heavy atom. The van der Waals surface area contributed by atoms with Crippen LogP contribution in [0.25, 0.3) is 0 Å². The fourth-order valence-electron chi connectivity index (χ4n) is 4.83. The van der Waals surface area contributed by atoms with Crippen molar-refractivity contribution in [2.24, 2.45) is 5.41 Å². The molecule has 0 radical (unpaired) electrons. The normalized spacial score (nSPS) is 18.1. The molecule has 1 atom stereocenters. The Morgan fingerprint density at radius 1 is 1.21 bits per heavy atom. The molecule has 0 saturated carbocycles. The Bertz CT molecular complexity index is 893. The lowest BCUT2D eigenvalue weighted by atomic mass is 9.77. The van der Waals surface area contributed by atoms with E-state index in [4.69, 9.17) is 4.74 Å². The predicted octanol–water partition coefficient (Wildman–Crippen LogP) is 4.68. The zero-order chi connectivity index (χ0) is 22.4. The zero-order valence-electron chi connectivity index (χ0n) is 19.5. The van der Waals surface area contributed by atoms with Gasteiger partial charge in [-0.1, -0.05) is 12.1 Å². The first kappa shape index (κ1) is 28.4. The predicted molar refractivity (Wildman–Crippen MR) is 139 cm³/mol. The Morgan fingerprint density at radius 2 is 1.97 bits per heavy atom. The van der Waals surface area contributed by atoms with Crippen LogP contribution in [0.4, 0.5) is 4.79 Å². The minimum Gasteiger partial charge on any atom is -0.450 e. The van der Waals surface area contributed by atoms with Gasteiger partial charge in [0.25, 0.3) is 0 Å². The van der Waals surface area contributed by atoms with Gasteiger partial charge in [-0.05, 0) is 68.8 Å². The molecule has 7 nitrogen and oxygen atoms in total. The van der Waals surface area contributed by atoms with Crippen LogP contribution in [-0.2, 0) is 16.1 Å². The molecule has 2 fully saturated rings. The van der Waals surface area contributed by atoms with Crippen molar-refractivity contribution >= 4 is 48.2 Å². The van der Waals surface area contributed by atoms with Crippen molar-refractivity contribution < 1.29 is 14.3 Å². The molecule has 4 rings (SSSR count). The van der Waals surface area contributed by atoms with Crippen molar-refractivity contribution in [2.75, 3.05) is 32.8 Å². The monoisotopic (exact) mass is 528 g/mol. The Kier molecular flexibility index (Phi) is 11.1. The summed E-state index contributed by atoms with van der Waals surface area (Å²) in [7, 11) is 0. The van der Waals surface area contributed by atoms with Crippen LogP contribution in [0.1, 0.15) is 49.1 Å². The minimum absolute atomic E-state index is 0. The number of thiophene rings is 1. The van der Waals surface area contributed by atoms with Crippen LogP contribution < -0.4 is 5.32 Å². The number of carbonyl (C=O) groups is 2. The van der Waals surface area contributed by atoms with Crippen LogP contribution in [-0.4, -0.2) is 59.6 Å². The zero-order valence-corrected chi connectivity index (χ0v) is 21.9. The number of nitrogens with zero attached hydrogens (tertiary/aromatic N) is 3. The summed E-state index contributed by atoms with van der Waals surface area (Å²) in [6.45, 7) is 6.39. The molecule has 0 aliphatic carbocycles. The van der Waals surface area contributed by atoms with Gasteiger partial charge < -0.3 is 19.9 Å². The summed E-state index contributed by atoms with van der Waals surface area (Å²) in [4.78, 5) is 34.9. The first-order valence-corrected chi connectivity index (χ1v) is 12.3. The topological polar surface area (TPSA) is 74.8 Å². The number of pyridine rings is 1. The van der Waals surface area contributed by atoms with Gasteiger partial charge in [-0.2, -0.15) is 0 Å². The first-order chi connectivity index (χ1) is 15.6. The molecule has 1 spiro atoms. The number of piperidine rings is 1. The molecule has 0 aromatic carbocycles. The van der Waals surface area contributed by atoms with E-state index in [1.807, 2.05) is 41.6 Å². The van der Waals surface area contributed by atoms with Crippen molar-refractivity contribution in [3.8, 4) is 0 Å². The molecule has 2 saturated heterocycles. The van der Waals surface area contributed by atoms with E-state index in [0.717, 1.165) is 62.3 Å². The molecule has 2 aliphatic rings. The highest BCUT2D eigenvalue weighted by Crippen LogP contribution is 2.42. The number of nitrogens with one attached hydrogen (secondary N) is 1. The largest absolute Gasteiger partial charge is 0.450 e. The summed E-state index contributed by atoms with van der Waals surface area (Å²) in [5.74, 6) is 0.307. The third-order valence-corrected chi connectivity index (χ3v) is 7.68. The highest BCUT2D eigenvalue weighted by molar-refractivity contribution is 7.10. The molecule has 188 valence electrons. The van der Waals surface area contributed by atoms with Crippen LogP contribution in [0.5, 0.6) is 0 Å². The van der Waals surface area contributed by atoms with E-state index in [-0.39, 0.29) is 42.4 Å². The van der Waals surface area contributed by atoms with Gasteiger partial charge in [-0.15, -0.1) is 36.2 Å². The van der Waals surface area contributed by atoms with E-state index in [9.17, 15) is 9.59 Å². The van der Waals surface area contributed by atoms with Crippen LogP contribution >= 0.6 is 36.2 Å². The van der Waals surface area contributed by atoms with E-state index < -0.39 is 0 Å². The molecule has 34 heavy (non-hydrogen) atoms. The van der Waals surface area contributed by atoms with E-state index >= 15 is 0 Å².